The Balaban J connectivity index is 0.000000136. The highest BCUT2D eigenvalue weighted by Crippen LogP contribution is 2.28. The number of pyridine rings is 12. The van der Waals surface area contributed by atoms with Crippen molar-refractivity contribution < 1.29 is 33.5 Å². The van der Waals surface area contributed by atoms with Gasteiger partial charge < -0.3 is 66.5 Å². The van der Waals surface area contributed by atoms with Crippen LogP contribution < -0.4 is 70.0 Å². The summed E-state index contributed by atoms with van der Waals surface area (Å²) in [7, 11) is 1.55. The lowest BCUT2D eigenvalue weighted by atomic mass is 10.1. The molecule has 0 aliphatic rings. The molecule has 708 valence electrons. The number of ether oxygens (including phenoxy) is 1. The number of hydrogen-bond donors (Lipinski definition) is 12. The molecule has 0 bridgehead atoms. The predicted molar refractivity (Wildman–Crippen MR) is 556 cm³/mol. The lowest BCUT2D eigenvalue weighted by Gasteiger charge is -2.08. The van der Waals surface area contributed by atoms with Gasteiger partial charge in [0.05, 0.1) is 13.5 Å². The van der Waals surface area contributed by atoms with Gasteiger partial charge in [-0.1, -0.05) is 110 Å². The number of hydrogen-bond acceptors (Lipinski definition) is 19. The zero-order valence-electron chi connectivity index (χ0n) is 76.5. The highest BCUT2D eigenvalue weighted by Gasteiger charge is 2.19. The van der Waals surface area contributed by atoms with E-state index in [0.29, 0.717) is 39.4 Å². The van der Waals surface area contributed by atoms with E-state index in [1.54, 1.807) is 246 Å². The zero-order valence-corrected chi connectivity index (χ0v) is 77.3. The highest BCUT2D eigenvalue weighted by molar-refractivity contribution is 6.17. The van der Waals surface area contributed by atoms with E-state index < -0.39 is 0 Å². The molecule has 0 spiro atoms. The maximum Gasteiger partial charge on any atom is 0.271 e. The maximum atomic E-state index is 12.6. The lowest BCUT2D eigenvalue weighted by molar-refractivity contribution is -0.115. The molecule has 0 aliphatic heterocycles. The SMILES string of the molecule is CCc1ccc(C(=O)Nc2cc(-c3ccncc3)c[nH]c2=O)cc1.COc1ccc(C(=O)Nc2cc(-c3ccncc3)c[nH]c2=O)cc1.O=C(Cc1ccccc1)Nc1cc(-c2ccncc2)c[nH]c1=O.O=C(Nc1cc(-c2ccncc2)c[nH]c1=O)c1ccc(CCl)cc1.O=C(Nc1cc(-c2ccncc2)c[nH]c1=O)c1ccc2ccccc2c1.O=C(Nc1cc(-c2ccncc2)c[nH]c1=O)c1ccccc1. The quantitative estimate of drug-likeness (QED) is 0.0280. The van der Waals surface area contributed by atoms with Crippen molar-refractivity contribution in [3.63, 3.8) is 0 Å². The van der Waals surface area contributed by atoms with Crippen LogP contribution >= 0.6 is 11.6 Å². The third-order valence-corrected chi connectivity index (χ3v) is 21.9. The van der Waals surface area contributed by atoms with Gasteiger partial charge in [0.1, 0.15) is 39.9 Å². The maximum absolute atomic E-state index is 12.6. The second-order valence-corrected chi connectivity index (χ2v) is 31.5. The Labute approximate surface area is 820 Å². The molecule has 0 unspecified atom stereocenters. The molecule has 12 aromatic heterocycles. The summed E-state index contributed by atoms with van der Waals surface area (Å²) in [5.41, 5.74) is 14.7. The predicted octanol–water partition coefficient (Wildman–Crippen LogP) is 18.5. The Hall–Kier alpha value is -19.7. The van der Waals surface area contributed by atoms with Gasteiger partial charge in [0.15, 0.2) is 0 Å². The van der Waals surface area contributed by atoms with Gasteiger partial charge in [-0.25, -0.2) is 0 Å². The molecule has 32 heteroatoms. The van der Waals surface area contributed by atoms with Gasteiger partial charge in [0.25, 0.3) is 62.9 Å². The number of anilines is 6. The number of rotatable bonds is 22. The van der Waals surface area contributed by atoms with Crippen LogP contribution in [0.4, 0.5) is 34.1 Å². The molecule has 19 rings (SSSR count). The Morgan fingerprint density at radius 1 is 0.259 bits per heavy atom. The summed E-state index contributed by atoms with van der Waals surface area (Å²) in [5, 5.41) is 18.0. The van der Waals surface area contributed by atoms with E-state index in [9.17, 15) is 57.5 Å². The molecule has 0 radical (unpaired) electrons. The summed E-state index contributed by atoms with van der Waals surface area (Å²) >= 11 is 5.73. The van der Waals surface area contributed by atoms with Gasteiger partial charge in [-0.05, 0) is 249 Å². The van der Waals surface area contributed by atoms with Gasteiger partial charge >= 0.3 is 0 Å². The average Bonchev–Trinajstić information content (AvgIpc) is 0.917. The summed E-state index contributed by atoms with van der Waals surface area (Å²) in [5.74, 6) is -0.863. The number of carbonyl (C=O) groups excluding carboxylic acids is 6. The van der Waals surface area contributed by atoms with Crippen molar-refractivity contribution in [2.45, 2.75) is 25.6 Å². The number of halogens is 1. The first-order valence-electron chi connectivity index (χ1n) is 44.3. The molecule has 0 aliphatic carbocycles. The van der Waals surface area contributed by atoms with Crippen LogP contribution in [-0.2, 0) is 23.5 Å². The van der Waals surface area contributed by atoms with Gasteiger partial charge in [-0.3, -0.25) is 87.4 Å². The Kier molecular flexibility index (Phi) is 34.5. The largest absolute Gasteiger partial charge is 0.497 e. The van der Waals surface area contributed by atoms with Gasteiger partial charge in [-0.2, -0.15) is 0 Å². The number of benzene rings is 7. The van der Waals surface area contributed by atoms with E-state index in [2.05, 4.69) is 98.6 Å². The lowest BCUT2D eigenvalue weighted by Crippen LogP contribution is -2.21. The van der Waals surface area contributed by atoms with Crippen LogP contribution in [0.15, 0.2) is 425 Å². The van der Waals surface area contributed by atoms with E-state index in [1.165, 1.54) is 0 Å². The Morgan fingerprint density at radius 3 is 0.804 bits per heavy atom. The molecule has 12 heterocycles. The topological polar surface area (TPSA) is 458 Å². The first kappa shape index (κ1) is 99.3. The molecule has 143 heavy (non-hydrogen) atoms. The van der Waals surface area contributed by atoms with Crippen molar-refractivity contribution in [1.29, 1.82) is 0 Å². The molecule has 12 N–H and O–H groups in total. The number of aromatic amines is 6. The molecule has 0 saturated carbocycles. The fourth-order valence-electron chi connectivity index (χ4n) is 14.0. The van der Waals surface area contributed by atoms with Crippen LogP contribution in [0.3, 0.4) is 0 Å². The van der Waals surface area contributed by atoms with Crippen molar-refractivity contribution >= 4 is 91.9 Å². The number of carbonyl (C=O) groups is 6. The molecule has 0 saturated heterocycles. The fourth-order valence-corrected chi connectivity index (χ4v) is 14.2. The average molecular weight is 1920 g/mol. The van der Waals surface area contributed by atoms with Gasteiger partial charge in [-0.15, -0.1) is 11.6 Å². The van der Waals surface area contributed by atoms with E-state index in [0.717, 1.165) is 101 Å². The second kappa shape index (κ2) is 49.7. The smallest absolute Gasteiger partial charge is 0.271 e. The van der Waals surface area contributed by atoms with Crippen LogP contribution in [0.1, 0.15) is 75.4 Å². The highest BCUT2D eigenvalue weighted by atomic mass is 35.5. The number of methoxy groups -OCH3 is 1. The summed E-state index contributed by atoms with van der Waals surface area (Å²) in [6.45, 7) is 2.05. The van der Waals surface area contributed by atoms with Crippen LogP contribution in [0.2, 0.25) is 0 Å². The molecule has 0 atom stereocenters. The first-order valence-corrected chi connectivity index (χ1v) is 44.8. The second-order valence-electron chi connectivity index (χ2n) is 31.2. The van der Waals surface area contributed by atoms with Crippen LogP contribution in [0.25, 0.3) is 77.5 Å². The number of aryl methyl sites for hydroxylation is 1. The minimum Gasteiger partial charge on any atom is -0.497 e. The van der Waals surface area contributed by atoms with Crippen molar-refractivity contribution in [1.82, 2.24) is 59.8 Å². The van der Waals surface area contributed by atoms with Crippen LogP contribution in [-0.4, -0.2) is 102 Å². The molecular weight excluding hydrogens is 1830 g/mol. The molecular formula is C111H89ClN18O13. The summed E-state index contributed by atoms with van der Waals surface area (Å²) in [6, 6.07) is 84.1. The van der Waals surface area contributed by atoms with Crippen molar-refractivity contribution in [2.75, 3.05) is 39.0 Å². The minimum absolute atomic E-state index is 0.185. The minimum atomic E-state index is -0.366. The van der Waals surface area contributed by atoms with E-state index in [1.807, 2.05) is 158 Å². The molecule has 6 amide bonds. The van der Waals surface area contributed by atoms with E-state index in [4.69, 9.17) is 16.3 Å². The third-order valence-electron chi connectivity index (χ3n) is 21.6. The summed E-state index contributed by atoms with van der Waals surface area (Å²) in [6.07, 6.45) is 30.8. The summed E-state index contributed by atoms with van der Waals surface area (Å²) < 4.78 is 5.06. The molecule has 31 nitrogen and oxygen atoms in total. The summed E-state index contributed by atoms with van der Waals surface area (Å²) in [4.78, 5) is 185. The van der Waals surface area contributed by atoms with E-state index >= 15 is 0 Å². The van der Waals surface area contributed by atoms with Gasteiger partial charge in [0.2, 0.25) is 5.91 Å². The number of H-pyrrole nitrogens is 6. The number of alkyl halides is 1. The standard InChI is InChI=1S/C21H15N3O2.C19H17N3O2.C18H14ClN3O2.C18H15N3O3.C18H15N3O2.C17H13N3O2/c25-20(17-6-5-14-3-1-2-4-16(14)11-17)24-19-12-18(13-23-21(19)26)15-7-9-22-10-8-15;1-2-13-3-5-15(6-4-13)18(23)22-17-11-16(12-21-19(17)24)14-7-9-20-10-8-14;19-10-12-1-3-14(4-2-12)17(23)22-16-9-15(11-21-18(16)24)13-5-7-20-8-6-13;1-24-15-4-2-13(3-5-15)17(22)21-16-10-14(11-20-18(16)23)12-6-8-19-9-7-12;22-17(10-13-4-2-1-3-5-13)21-16-11-15(12-20-18(16)23)14-6-8-19-9-7-14;21-16(13-4-2-1-3-5-13)20-15-10-14(11-19-17(15)22)12-6-8-18-9-7-12/h1-13H,(H,23,26)(H,24,25);3-12H,2H2,1H3,(H,21,24)(H,22,23);1-9,11H,10H2,(H,21,24)(H,22,23);2-11H,1H3,(H,20,23)(H,21,22);1-9,11-12H,10H2,(H,20,23)(H,21,22);1-11H,(H,19,22)(H,20,21). The monoisotopic (exact) mass is 1920 g/mol. The third kappa shape index (κ3) is 28.3. The fraction of sp³-hybridized carbons (Fsp3) is 0.0450. The van der Waals surface area contributed by atoms with Gasteiger partial charge in [0, 0.05) is 179 Å². The van der Waals surface area contributed by atoms with Crippen molar-refractivity contribution in [2.24, 2.45) is 0 Å². The van der Waals surface area contributed by atoms with Crippen LogP contribution in [0.5, 0.6) is 5.75 Å². The van der Waals surface area contributed by atoms with Crippen LogP contribution in [0, 0.1) is 0 Å². The molecule has 0 fully saturated rings. The first-order chi connectivity index (χ1) is 69.7. The normalized spacial score (nSPS) is 10.3. The number of amides is 6. The molecule has 7 aromatic carbocycles. The van der Waals surface area contributed by atoms with E-state index in [-0.39, 0.29) is 109 Å². The molecule has 19 aromatic rings. The Morgan fingerprint density at radius 2 is 0.510 bits per heavy atom. The zero-order chi connectivity index (χ0) is 100. The van der Waals surface area contributed by atoms with Crippen molar-refractivity contribution in [3.8, 4) is 72.5 Å². The van der Waals surface area contributed by atoms with Crippen molar-refractivity contribution in [3.05, 3.63) is 503 Å². The number of aromatic nitrogens is 12. The number of fused-ring (bicyclic) bond motifs is 1. The number of nitrogens with one attached hydrogen (secondary N) is 12. The number of nitrogens with zero attached hydrogens (tertiary/aromatic N) is 6. The Bertz CT molecular complexity index is 7630.